The standard InChI is InChI=1S/C12H18N2S/c1-15-12-4-2-10(3-5-12)8-14-11-6-7-13-9-11/h2-5,11,13-14H,6-9H2,1H3. The van der Waals surface area contributed by atoms with Gasteiger partial charge in [0.25, 0.3) is 0 Å². The summed E-state index contributed by atoms with van der Waals surface area (Å²) in [6.45, 7) is 3.26. The maximum Gasteiger partial charge on any atom is 0.0208 e. The van der Waals surface area contributed by atoms with Crippen LogP contribution in [0, 0.1) is 0 Å². The fourth-order valence-corrected chi connectivity index (χ4v) is 2.24. The maximum absolute atomic E-state index is 3.57. The van der Waals surface area contributed by atoms with Gasteiger partial charge in [0, 0.05) is 24.0 Å². The van der Waals surface area contributed by atoms with E-state index < -0.39 is 0 Å². The van der Waals surface area contributed by atoms with E-state index in [2.05, 4.69) is 41.2 Å². The molecule has 1 heterocycles. The van der Waals surface area contributed by atoms with Gasteiger partial charge in [-0.3, -0.25) is 0 Å². The van der Waals surface area contributed by atoms with Crippen LogP contribution in [-0.4, -0.2) is 25.4 Å². The first-order valence-electron chi connectivity index (χ1n) is 5.45. The lowest BCUT2D eigenvalue weighted by Crippen LogP contribution is -2.30. The van der Waals surface area contributed by atoms with Gasteiger partial charge in [-0.2, -0.15) is 0 Å². The monoisotopic (exact) mass is 222 g/mol. The molecule has 0 radical (unpaired) electrons. The van der Waals surface area contributed by atoms with Gasteiger partial charge in [-0.05, 0) is 36.9 Å². The summed E-state index contributed by atoms with van der Waals surface area (Å²) in [5, 5.41) is 6.93. The summed E-state index contributed by atoms with van der Waals surface area (Å²) >= 11 is 1.79. The Morgan fingerprint density at radius 3 is 2.80 bits per heavy atom. The summed E-state index contributed by atoms with van der Waals surface area (Å²) in [4.78, 5) is 1.33. The van der Waals surface area contributed by atoms with Crippen LogP contribution in [0.15, 0.2) is 29.2 Å². The van der Waals surface area contributed by atoms with E-state index in [4.69, 9.17) is 0 Å². The highest BCUT2D eigenvalue weighted by Crippen LogP contribution is 2.14. The van der Waals surface area contributed by atoms with Crippen molar-refractivity contribution in [2.75, 3.05) is 19.3 Å². The van der Waals surface area contributed by atoms with Crippen LogP contribution < -0.4 is 10.6 Å². The molecule has 1 saturated heterocycles. The highest BCUT2D eigenvalue weighted by Gasteiger charge is 2.12. The molecule has 1 fully saturated rings. The molecular formula is C12H18N2S. The zero-order valence-electron chi connectivity index (χ0n) is 9.12. The molecule has 0 bridgehead atoms. The number of rotatable bonds is 4. The van der Waals surface area contributed by atoms with E-state index in [-0.39, 0.29) is 0 Å². The molecule has 1 atom stereocenters. The highest BCUT2D eigenvalue weighted by atomic mass is 32.2. The predicted octanol–water partition coefficient (Wildman–Crippen LogP) is 1.86. The molecule has 0 saturated carbocycles. The molecule has 2 nitrogen and oxygen atoms in total. The van der Waals surface area contributed by atoms with Gasteiger partial charge in [0.2, 0.25) is 0 Å². The molecule has 1 aliphatic heterocycles. The molecule has 1 aliphatic rings. The second kappa shape index (κ2) is 5.54. The largest absolute Gasteiger partial charge is 0.315 e. The molecule has 0 amide bonds. The predicted molar refractivity (Wildman–Crippen MR) is 66.3 cm³/mol. The third-order valence-electron chi connectivity index (χ3n) is 2.81. The van der Waals surface area contributed by atoms with E-state index in [1.54, 1.807) is 11.8 Å². The zero-order valence-corrected chi connectivity index (χ0v) is 9.94. The number of hydrogen-bond acceptors (Lipinski definition) is 3. The van der Waals surface area contributed by atoms with Gasteiger partial charge in [0.15, 0.2) is 0 Å². The van der Waals surface area contributed by atoms with Crippen molar-refractivity contribution in [1.82, 2.24) is 10.6 Å². The van der Waals surface area contributed by atoms with Crippen LogP contribution >= 0.6 is 11.8 Å². The molecule has 0 spiro atoms. The lowest BCUT2D eigenvalue weighted by molar-refractivity contribution is 0.547. The zero-order chi connectivity index (χ0) is 10.5. The van der Waals surface area contributed by atoms with E-state index in [1.165, 1.54) is 16.9 Å². The summed E-state index contributed by atoms with van der Waals surface area (Å²) < 4.78 is 0. The molecule has 1 aromatic rings. The van der Waals surface area contributed by atoms with E-state index in [1.807, 2.05) is 0 Å². The average Bonchev–Trinajstić information content (AvgIpc) is 2.80. The van der Waals surface area contributed by atoms with Crippen LogP contribution in [0.25, 0.3) is 0 Å². The summed E-state index contributed by atoms with van der Waals surface area (Å²) in [7, 11) is 0. The molecule has 15 heavy (non-hydrogen) atoms. The first-order chi connectivity index (χ1) is 7.38. The summed E-state index contributed by atoms with van der Waals surface area (Å²) in [6.07, 6.45) is 3.36. The fraction of sp³-hybridized carbons (Fsp3) is 0.500. The van der Waals surface area contributed by atoms with Crippen molar-refractivity contribution in [1.29, 1.82) is 0 Å². The van der Waals surface area contributed by atoms with Gasteiger partial charge in [0.05, 0.1) is 0 Å². The van der Waals surface area contributed by atoms with E-state index >= 15 is 0 Å². The maximum atomic E-state index is 3.57. The second-order valence-electron chi connectivity index (χ2n) is 3.92. The minimum absolute atomic E-state index is 0.658. The summed E-state index contributed by atoms with van der Waals surface area (Å²) in [5.41, 5.74) is 1.37. The van der Waals surface area contributed by atoms with Crippen LogP contribution in [0.3, 0.4) is 0 Å². The molecule has 1 aromatic carbocycles. The highest BCUT2D eigenvalue weighted by molar-refractivity contribution is 7.98. The van der Waals surface area contributed by atoms with Crippen LogP contribution in [0.2, 0.25) is 0 Å². The van der Waals surface area contributed by atoms with Crippen molar-refractivity contribution in [3.8, 4) is 0 Å². The Kier molecular flexibility index (Phi) is 4.06. The molecule has 0 aromatic heterocycles. The van der Waals surface area contributed by atoms with Crippen molar-refractivity contribution in [3.63, 3.8) is 0 Å². The molecule has 1 unspecified atom stereocenters. The summed E-state index contributed by atoms with van der Waals surface area (Å²) in [6, 6.07) is 9.45. The molecule has 2 N–H and O–H groups in total. The summed E-state index contributed by atoms with van der Waals surface area (Å²) in [5.74, 6) is 0. The number of benzene rings is 1. The Bertz CT molecular complexity index is 291. The van der Waals surface area contributed by atoms with Gasteiger partial charge in [-0.1, -0.05) is 12.1 Å². The second-order valence-corrected chi connectivity index (χ2v) is 4.80. The number of nitrogens with one attached hydrogen (secondary N) is 2. The van der Waals surface area contributed by atoms with Crippen LogP contribution in [-0.2, 0) is 6.54 Å². The van der Waals surface area contributed by atoms with Crippen molar-refractivity contribution in [2.45, 2.75) is 23.9 Å². The Morgan fingerprint density at radius 2 is 2.20 bits per heavy atom. The third-order valence-corrected chi connectivity index (χ3v) is 3.56. The van der Waals surface area contributed by atoms with Crippen molar-refractivity contribution in [3.05, 3.63) is 29.8 Å². The minimum Gasteiger partial charge on any atom is -0.315 e. The Balaban J connectivity index is 1.82. The minimum atomic E-state index is 0.658. The van der Waals surface area contributed by atoms with Gasteiger partial charge in [-0.25, -0.2) is 0 Å². The SMILES string of the molecule is CSc1ccc(CNC2CCNC2)cc1. The normalized spacial score (nSPS) is 20.7. The molecule has 3 heteroatoms. The quantitative estimate of drug-likeness (QED) is 0.760. The van der Waals surface area contributed by atoms with Crippen LogP contribution in [0.5, 0.6) is 0 Å². The van der Waals surface area contributed by atoms with Crippen molar-refractivity contribution < 1.29 is 0 Å². The fourth-order valence-electron chi connectivity index (χ4n) is 1.83. The topological polar surface area (TPSA) is 24.1 Å². The van der Waals surface area contributed by atoms with Crippen molar-refractivity contribution >= 4 is 11.8 Å². The van der Waals surface area contributed by atoms with Crippen LogP contribution in [0.1, 0.15) is 12.0 Å². The number of hydrogen-bond donors (Lipinski definition) is 2. The lowest BCUT2D eigenvalue weighted by atomic mass is 10.2. The molecule has 82 valence electrons. The van der Waals surface area contributed by atoms with Crippen molar-refractivity contribution in [2.24, 2.45) is 0 Å². The van der Waals surface area contributed by atoms with E-state index in [0.717, 1.165) is 19.6 Å². The Labute approximate surface area is 95.8 Å². The first kappa shape index (κ1) is 11.0. The smallest absolute Gasteiger partial charge is 0.0208 e. The Morgan fingerprint density at radius 1 is 1.40 bits per heavy atom. The van der Waals surface area contributed by atoms with E-state index in [0.29, 0.717) is 6.04 Å². The molecule has 0 aliphatic carbocycles. The third kappa shape index (κ3) is 3.23. The van der Waals surface area contributed by atoms with Gasteiger partial charge >= 0.3 is 0 Å². The van der Waals surface area contributed by atoms with Gasteiger partial charge in [0.1, 0.15) is 0 Å². The van der Waals surface area contributed by atoms with Crippen LogP contribution in [0.4, 0.5) is 0 Å². The molecule has 2 rings (SSSR count). The average molecular weight is 222 g/mol. The lowest BCUT2D eigenvalue weighted by Gasteiger charge is -2.11. The Hall–Kier alpha value is -0.510. The van der Waals surface area contributed by atoms with Gasteiger partial charge < -0.3 is 10.6 Å². The first-order valence-corrected chi connectivity index (χ1v) is 6.68. The number of thioether (sulfide) groups is 1. The molecular weight excluding hydrogens is 204 g/mol. The van der Waals surface area contributed by atoms with E-state index in [9.17, 15) is 0 Å². The van der Waals surface area contributed by atoms with Gasteiger partial charge in [-0.15, -0.1) is 11.8 Å².